The van der Waals surface area contributed by atoms with Gasteiger partial charge < -0.3 is 10.1 Å². The summed E-state index contributed by atoms with van der Waals surface area (Å²) in [5.41, 5.74) is 0. The van der Waals surface area contributed by atoms with Crippen LogP contribution < -0.4 is 5.32 Å². The maximum atomic E-state index is 5.55. The standard InChI is InChI=1S/C13H26N2O/c1-14-12-6-3-2-4-7-13(12)15-8-5-10-16-11-9-15/h12-14H,2-11H2,1H3. The Labute approximate surface area is 99.5 Å². The average molecular weight is 226 g/mol. The molecular weight excluding hydrogens is 200 g/mol. The summed E-state index contributed by atoms with van der Waals surface area (Å²) in [5, 5.41) is 3.53. The zero-order valence-corrected chi connectivity index (χ0v) is 10.6. The van der Waals surface area contributed by atoms with Crippen LogP contribution in [0, 0.1) is 0 Å². The zero-order valence-electron chi connectivity index (χ0n) is 10.6. The minimum absolute atomic E-state index is 0.695. The highest BCUT2D eigenvalue weighted by Crippen LogP contribution is 2.23. The quantitative estimate of drug-likeness (QED) is 0.724. The highest BCUT2D eigenvalue weighted by molar-refractivity contribution is 4.86. The van der Waals surface area contributed by atoms with Crippen molar-refractivity contribution >= 4 is 0 Å². The third-order valence-electron chi connectivity index (χ3n) is 4.08. The minimum atomic E-state index is 0.695. The zero-order chi connectivity index (χ0) is 11.2. The number of likely N-dealkylation sites (N-methyl/N-ethyl adjacent to an activating group) is 1. The van der Waals surface area contributed by atoms with Crippen LogP contribution in [0.2, 0.25) is 0 Å². The predicted octanol–water partition coefficient (Wildman–Crippen LogP) is 1.63. The van der Waals surface area contributed by atoms with Gasteiger partial charge >= 0.3 is 0 Å². The Bertz CT molecular complexity index is 190. The Hall–Kier alpha value is -0.120. The van der Waals surface area contributed by atoms with Gasteiger partial charge in [-0.2, -0.15) is 0 Å². The molecule has 1 heterocycles. The molecule has 0 aromatic rings. The summed E-state index contributed by atoms with van der Waals surface area (Å²) in [6, 6.07) is 1.44. The lowest BCUT2D eigenvalue weighted by molar-refractivity contribution is 0.119. The number of hydrogen-bond acceptors (Lipinski definition) is 3. The Balaban J connectivity index is 1.96. The Morgan fingerprint density at radius 2 is 1.88 bits per heavy atom. The summed E-state index contributed by atoms with van der Waals surface area (Å²) in [4.78, 5) is 2.67. The summed E-state index contributed by atoms with van der Waals surface area (Å²) in [5.74, 6) is 0. The van der Waals surface area contributed by atoms with E-state index < -0.39 is 0 Å². The van der Waals surface area contributed by atoms with E-state index in [-0.39, 0.29) is 0 Å². The number of ether oxygens (including phenoxy) is 1. The second-order valence-electron chi connectivity index (χ2n) is 5.10. The Morgan fingerprint density at radius 1 is 1.00 bits per heavy atom. The summed E-state index contributed by atoms with van der Waals surface area (Å²) in [6.45, 7) is 4.23. The van der Waals surface area contributed by atoms with E-state index in [0.717, 1.165) is 25.8 Å². The van der Waals surface area contributed by atoms with Crippen LogP contribution >= 0.6 is 0 Å². The van der Waals surface area contributed by atoms with Crippen molar-refractivity contribution < 1.29 is 4.74 Å². The van der Waals surface area contributed by atoms with Gasteiger partial charge in [-0.3, -0.25) is 4.90 Å². The van der Waals surface area contributed by atoms with E-state index in [1.54, 1.807) is 0 Å². The van der Waals surface area contributed by atoms with E-state index in [1.807, 2.05) is 0 Å². The van der Waals surface area contributed by atoms with Crippen molar-refractivity contribution in [2.24, 2.45) is 0 Å². The molecule has 0 spiro atoms. The van der Waals surface area contributed by atoms with Gasteiger partial charge in [0.2, 0.25) is 0 Å². The fraction of sp³-hybridized carbons (Fsp3) is 1.00. The highest BCUT2D eigenvalue weighted by atomic mass is 16.5. The van der Waals surface area contributed by atoms with Gasteiger partial charge in [-0.1, -0.05) is 19.3 Å². The molecule has 2 rings (SSSR count). The van der Waals surface area contributed by atoms with Crippen molar-refractivity contribution in [3.8, 4) is 0 Å². The van der Waals surface area contributed by atoms with Crippen LogP contribution in [0.4, 0.5) is 0 Å². The maximum Gasteiger partial charge on any atom is 0.0593 e. The monoisotopic (exact) mass is 226 g/mol. The van der Waals surface area contributed by atoms with E-state index in [0.29, 0.717) is 6.04 Å². The normalized spacial score (nSPS) is 34.3. The third kappa shape index (κ3) is 3.19. The Morgan fingerprint density at radius 3 is 2.75 bits per heavy atom. The predicted molar refractivity (Wildman–Crippen MR) is 66.7 cm³/mol. The molecule has 1 N–H and O–H groups in total. The molecule has 0 bridgehead atoms. The summed E-state index contributed by atoms with van der Waals surface area (Å²) >= 11 is 0. The molecule has 2 aliphatic rings. The SMILES string of the molecule is CNC1CCCCCC1N1CCCOCC1. The molecule has 2 atom stereocenters. The van der Waals surface area contributed by atoms with E-state index in [4.69, 9.17) is 4.74 Å². The number of rotatable bonds is 2. The molecule has 0 amide bonds. The van der Waals surface area contributed by atoms with Gasteiger partial charge in [0.1, 0.15) is 0 Å². The fourth-order valence-electron chi connectivity index (χ4n) is 3.16. The number of nitrogens with one attached hydrogen (secondary N) is 1. The van der Waals surface area contributed by atoms with Crippen molar-refractivity contribution in [1.29, 1.82) is 0 Å². The molecule has 1 saturated heterocycles. The first kappa shape index (κ1) is 12.3. The second kappa shape index (κ2) is 6.58. The lowest BCUT2D eigenvalue weighted by atomic mass is 10.0. The van der Waals surface area contributed by atoms with Gasteiger partial charge in [0, 0.05) is 31.8 Å². The van der Waals surface area contributed by atoms with E-state index in [9.17, 15) is 0 Å². The van der Waals surface area contributed by atoms with Crippen LogP contribution in [0.15, 0.2) is 0 Å². The van der Waals surface area contributed by atoms with Crippen molar-refractivity contribution in [1.82, 2.24) is 10.2 Å². The van der Waals surface area contributed by atoms with Crippen molar-refractivity contribution in [2.75, 3.05) is 33.4 Å². The number of nitrogens with zero attached hydrogens (tertiary/aromatic N) is 1. The lowest BCUT2D eigenvalue weighted by Crippen LogP contribution is -2.49. The summed E-state index contributed by atoms with van der Waals surface area (Å²) in [7, 11) is 2.12. The number of hydrogen-bond donors (Lipinski definition) is 1. The third-order valence-corrected chi connectivity index (χ3v) is 4.08. The first-order chi connectivity index (χ1) is 7.92. The lowest BCUT2D eigenvalue weighted by Gasteiger charge is -2.35. The Kier molecular flexibility index (Phi) is 5.07. The smallest absolute Gasteiger partial charge is 0.0593 e. The molecule has 1 saturated carbocycles. The molecule has 2 fully saturated rings. The van der Waals surface area contributed by atoms with Crippen LogP contribution in [-0.2, 0) is 4.74 Å². The second-order valence-corrected chi connectivity index (χ2v) is 5.10. The van der Waals surface area contributed by atoms with Gasteiger partial charge in [-0.15, -0.1) is 0 Å². The van der Waals surface area contributed by atoms with Crippen LogP contribution in [0.1, 0.15) is 38.5 Å². The molecule has 2 unspecified atom stereocenters. The first-order valence-corrected chi connectivity index (χ1v) is 6.91. The van der Waals surface area contributed by atoms with Gasteiger partial charge in [0.25, 0.3) is 0 Å². The van der Waals surface area contributed by atoms with Crippen molar-refractivity contribution in [2.45, 2.75) is 50.6 Å². The van der Waals surface area contributed by atoms with Gasteiger partial charge in [0.05, 0.1) is 6.61 Å². The largest absolute Gasteiger partial charge is 0.380 e. The average Bonchev–Trinajstić information content (AvgIpc) is 2.70. The molecule has 0 aromatic heterocycles. The molecule has 3 heteroatoms. The first-order valence-electron chi connectivity index (χ1n) is 6.91. The topological polar surface area (TPSA) is 24.5 Å². The molecule has 94 valence electrons. The molecule has 0 radical (unpaired) electrons. The molecule has 16 heavy (non-hydrogen) atoms. The van der Waals surface area contributed by atoms with Crippen molar-refractivity contribution in [3.63, 3.8) is 0 Å². The van der Waals surface area contributed by atoms with E-state index in [1.165, 1.54) is 45.1 Å². The fourth-order valence-corrected chi connectivity index (χ4v) is 3.16. The summed E-state index contributed by atoms with van der Waals surface area (Å²) in [6.07, 6.45) is 8.13. The molecular formula is C13H26N2O. The molecule has 1 aliphatic heterocycles. The molecule has 3 nitrogen and oxygen atoms in total. The van der Waals surface area contributed by atoms with Crippen LogP contribution in [0.5, 0.6) is 0 Å². The van der Waals surface area contributed by atoms with Crippen LogP contribution in [0.25, 0.3) is 0 Å². The minimum Gasteiger partial charge on any atom is -0.380 e. The maximum absolute atomic E-state index is 5.55. The van der Waals surface area contributed by atoms with Gasteiger partial charge in [-0.25, -0.2) is 0 Å². The molecule has 0 aromatic carbocycles. The van der Waals surface area contributed by atoms with Gasteiger partial charge in [0.15, 0.2) is 0 Å². The van der Waals surface area contributed by atoms with E-state index >= 15 is 0 Å². The van der Waals surface area contributed by atoms with E-state index in [2.05, 4.69) is 17.3 Å². The highest BCUT2D eigenvalue weighted by Gasteiger charge is 2.28. The van der Waals surface area contributed by atoms with Crippen LogP contribution in [0.3, 0.4) is 0 Å². The summed E-state index contributed by atoms with van der Waals surface area (Å²) < 4.78 is 5.55. The van der Waals surface area contributed by atoms with Crippen LogP contribution in [-0.4, -0.2) is 50.3 Å². The molecule has 1 aliphatic carbocycles. The van der Waals surface area contributed by atoms with Gasteiger partial charge in [-0.05, 0) is 26.3 Å². The van der Waals surface area contributed by atoms with Crippen molar-refractivity contribution in [3.05, 3.63) is 0 Å².